The first kappa shape index (κ1) is 14.3. The van der Waals surface area contributed by atoms with Gasteiger partial charge in [0.2, 0.25) is 15.9 Å². The van der Waals surface area contributed by atoms with Crippen LogP contribution in [-0.2, 0) is 14.8 Å². The first-order valence-corrected chi connectivity index (χ1v) is 6.56. The van der Waals surface area contributed by atoms with Crippen LogP contribution in [0, 0.1) is 0 Å². The predicted octanol–water partition coefficient (Wildman–Crippen LogP) is -1.22. The summed E-state index contributed by atoms with van der Waals surface area (Å²) < 4.78 is 25.0. The van der Waals surface area contributed by atoms with Gasteiger partial charge in [-0.15, -0.1) is 0 Å². The molecule has 90 valence electrons. The maximum atomic E-state index is 11.4. The molecule has 15 heavy (non-hydrogen) atoms. The van der Waals surface area contributed by atoms with Crippen LogP contribution in [0.2, 0.25) is 0 Å². The van der Waals surface area contributed by atoms with Crippen molar-refractivity contribution >= 4 is 15.9 Å². The lowest BCUT2D eigenvalue weighted by Gasteiger charge is -2.13. The van der Waals surface area contributed by atoms with Crippen LogP contribution in [0.5, 0.6) is 0 Å². The molecule has 0 aromatic heterocycles. The molecule has 0 bridgehead atoms. The Morgan fingerprint density at radius 3 is 2.53 bits per heavy atom. The molecule has 0 rings (SSSR count). The zero-order chi connectivity index (χ0) is 11.9. The molecule has 0 spiro atoms. The van der Waals surface area contributed by atoms with Crippen LogP contribution < -0.4 is 15.8 Å². The summed E-state index contributed by atoms with van der Waals surface area (Å²) in [5, 5.41) is 2.53. The summed E-state index contributed by atoms with van der Waals surface area (Å²) in [6, 6.07) is -0.743. The lowest BCUT2D eigenvalue weighted by atomic mass is 10.3. The summed E-state index contributed by atoms with van der Waals surface area (Å²) in [5.41, 5.74) is 5.20. The standard InChI is InChI=1S/C8H19N3O3S/c1-3-10-8(12)7(2)11-15(13,14)6-4-5-9/h7,11H,3-6,9H2,1-2H3,(H,10,12). The zero-order valence-corrected chi connectivity index (χ0v) is 9.93. The van der Waals surface area contributed by atoms with Gasteiger partial charge in [0.1, 0.15) is 0 Å². The molecule has 0 aliphatic carbocycles. The molecule has 4 N–H and O–H groups in total. The summed E-state index contributed by atoms with van der Waals surface area (Å²) in [5.74, 6) is -0.374. The highest BCUT2D eigenvalue weighted by Crippen LogP contribution is 1.92. The second-order valence-electron chi connectivity index (χ2n) is 3.20. The SMILES string of the molecule is CCNC(=O)C(C)NS(=O)(=O)CCCN. The number of nitrogens with one attached hydrogen (secondary N) is 2. The number of sulfonamides is 1. The topological polar surface area (TPSA) is 101 Å². The van der Waals surface area contributed by atoms with Gasteiger partial charge in [0.25, 0.3) is 0 Å². The van der Waals surface area contributed by atoms with E-state index in [9.17, 15) is 13.2 Å². The second-order valence-corrected chi connectivity index (χ2v) is 5.07. The molecule has 1 unspecified atom stereocenters. The molecule has 0 aliphatic heterocycles. The first-order valence-electron chi connectivity index (χ1n) is 4.90. The van der Waals surface area contributed by atoms with E-state index in [1.54, 1.807) is 6.92 Å². The highest BCUT2D eigenvalue weighted by atomic mass is 32.2. The lowest BCUT2D eigenvalue weighted by molar-refractivity contribution is -0.122. The summed E-state index contributed by atoms with van der Waals surface area (Å²) in [4.78, 5) is 11.2. The van der Waals surface area contributed by atoms with E-state index in [0.29, 0.717) is 19.5 Å². The minimum atomic E-state index is -3.40. The van der Waals surface area contributed by atoms with Gasteiger partial charge in [-0.05, 0) is 26.8 Å². The lowest BCUT2D eigenvalue weighted by Crippen LogP contribution is -2.45. The summed E-state index contributed by atoms with van der Waals surface area (Å²) in [6.45, 7) is 4.07. The number of hydrogen-bond acceptors (Lipinski definition) is 4. The van der Waals surface area contributed by atoms with Gasteiger partial charge in [-0.1, -0.05) is 0 Å². The Kier molecular flexibility index (Phi) is 6.46. The highest BCUT2D eigenvalue weighted by molar-refractivity contribution is 7.89. The van der Waals surface area contributed by atoms with Crippen molar-refractivity contribution in [2.75, 3.05) is 18.8 Å². The van der Waals surface area contributed by atoms with Crippen LogP contribution in [-0.4, -0.2) is 39.2 Å². The third-order valence-electron chi connectivity index (χ3n) is 1.72. The maximum absolute atomic E-state index is 11.4. The van der Waals surface area contributed by atoms with Crippen LogP contribution in [0.25, 0.3) is 0 Å². The molecule has 1 amide bonds. The van der Waals surface area contributed by atoms with Crippen LogP contribution in [0.15, 0.2) is 0 Å². The van der Waals surface area contributed by atoms with E-state index in [1.807, 2.05) is 0 Å². The number of rotatable bonds is 7. The summed E-state index contributed by atoms with van der Waals surface area (Å²) >= 11 is 0. The summed E-state index contributed by atoms with van der Waals surface area (Å²) in [6.07, 6.45) is 0.386. The number of nitrogens with two attached hydrogens (primary N) is 1. The number of carbonyl (C=O) groups is 1. The van der Waals surface area contributed by atoms with Crippen molar-refractivity contribution in [2.45, 2.75) is 26.3 Å². The summed E-state index contributed by atoms with van der Waals surface area (Å²) in [7, 11) is -3.40. The number of hydrogen-bond donors (Lipinski definition) is 3. The monoisotopic (exact) mass is 237 g/mol. The van der Waals surface area contributed by atoms with E-state index in [1.165, 1.54) is 6.92 Å². The van der Waals surface area contributed by atoms with Crippen LogP contribution in [0.4, 0.5) is 0 Å². The molecular weight excluding hydrogens is 218 g/mol. The van der Waals surface area contributed by atoms with E-state index in [2.05, 4.69) is 10.0 Å². The van der Waals surface area contributed by atoms with Gasteiger partial charge in [0.05, 0.1) is 11.8 Å². The fourth-order valence-corrected chi connectivity index (χ4v) is 2.29. The van der Waals surface area contributed by atoms with Crippen LogP contribution in [0.1, 0.15) is 20.3 Å². The smallest absolute Gasteiger partial charge is 0.237 e. The fourth-order valence-electron chi connectivity index (χ4n) is 0.982. The van der Waals surface area contributed by atoms with E-state index >= 15 is 0 Å². The molecule has 0 saturated carbocycles. The molecule has 0 heterocycles. The Bertz CT molecular complexity index is 290. The van der Waals surface area contributed by atoms with E-state index < -0.39 is 16.1 Å². The van der Waals surface area contributed by atoms with E-state index in [4.69, 9.17) is 5.73 Å². The Hall–Kier alpha value is -0.660. The minimum Gasteiger partial charge on any atom is -0.355 e. The molecule has 0 aliphatic rings. The number of carbonyl (C=O) groups excluding carboxylic acids is 1. The van der Waals surface area contributed by atoms with Crippen molar-refractivity contribution < 1.29 is 13.2 Å². The zero-order valence-electron chi connectivity index (χ0n) is 9.12. The molecule has 0 saturated heterocycles. The van der Waals surface area contributed by atoms with Gasteiger partial charge in [-0.25, -0.2) is 13.1 Å². The average molecular weight is 237 g/mol. The van der Waals surface area contributed by atoms with Gasteiger partial charge in [0.15, 0.2) is 0 Å². The Morgan fingerprint density at radius 1 is 1.47 bits per heavy atom. The minimum absolute atomic E-state index is 0.0484. The van der Waals surface area contributed by atoms with E-state index in [-0.39, 0.29) is 11.7 Å². The third kappa shape index (κ3) is 6.43. The molecule has 0 aromatic carbocycles. The normalized spacial score (nSPS) is 13.5. The van der Waals surface area contributed by atoms with Crippen molar-refractivity contribution in [3.63, 3.8) is 0 Å². The number of amides is 1. The van der Waals surface area contributed by atoms with Gasteiger partial charge in [-0.2, -0.15) is 0 Å². The second kappa shape index (κ2) is 6.76. The van der Waals surface area contributed by atoms with Crippen molar-refractivity contribution in [3.05, 3.63) is 0 Å². The van der Waals surface area contributed by atoms with Crippen molar-refractivity contribution in [1.29, 1.82) is 0 Å². The van der Waals surface area contributed by atoms with Gasteiger partial charge >= 0.3 is 0 Å². The Morgan fingerprint density at radius 2 is 2.07 bits per heavy atom. The fraction of sp³-hybridized carbons (Fsp3) is 0.875. The third-order valence-corrected chi connectivity index (χ3v) is 3.26. The Balaban J connectivity index is 4.15. The van der Waals surface area contributed by atoms with Crippen LogP contribution >= 0.6 is 0 Å². The average Bonchev–Trinajstić information content (AvgIpc) is 2.14. The quantitative estimate of drug-likeness (QED) is 0.516. The molecular formula is C8H19N3O3S. The largest absolute Gasteiger partial charge is 0.355 e. The molecule has 7 heteroatoms. The van der Waals surface area contributed by atoms with E-state index in [0.717, 1.165) is 0 Å². The molecule has 1 atom stereocenters. The van der Waals surface area contributed by atoms with Gasteiger partial charge < -0.3 is 11.1 Å². The van der Waals surface area contributed by atoms with Crippen molar-refractivity contribution in [1.82, 2.24) is 10.0 Å². The molecule has 6 nitrogen and oxygen atoms in total. The van der Waals surface area contributed by atoms with Gasteiger partial charge in [-0.3, -0.25) is 4.79 Å². The van der Waals surface area contributed by atoms with Crippen molar-refractivity contribution in [2.24, 2.45) is 5.73 Å². The highest BCUT2D eigenvalue weighted by Gasteiger charge is 2.18. The predicted molar refractivity (Wildman–Crippen MR) is 58.7 cm³/mol. The van der Waals surface area contributed by atoms with Crippen LogP contribution in [0.3, 0.4) is 0 Å². The Labute approximate surface area is 90.7 Å². The number of likely N-dealkylation sites (N-methyl/N-ethyl adjacent to an activating group) is 1. The molecule has 0 radical (unpaired) electrons. The van der Waals surface area contributed by atoms with Gasteiger partial charge in [0, 0.05) is 6.54 Å². The molecule has 0 fully saturated rings. The maximum Gasteiger partial charge on any atom is 0.237 e. The van der Waals surface area contributed by atoms with Crippen molar-refractivity contribution in [3.8, 4) is 0 Å². The molecule has 0 aromatic rings. The first-order chi connectivity index (χ1) is 6.93.